The lowest BCUT2D eigenvalue weighted by molar-refractivity contribution is -0.122. The molecule has 2 aliphatic heterocycles. The fraction of sp³-hybridized carbons (Fsp3) is 0.0800. The molecule has 0 radical (unpaired) electrons. The summed E-state index contributed by atoms with van der Waals surface area (Å²) in [4.78, 5) is 30.6. The maximum absolute atomic E-state index is 13.6. The highest BCUT2D eigenvalue weighted by Gasteiger charge is 2.41. The van der Waals surface area contributed by atoms with Crippen LogP contribution in [0.15, 0.2) is 83.8 Å². The smallest absolute Gasteiger partial charge is 0.267 e. The number of para-hydroxylation sites is 1. The largest absolute Gasteiger partial charge is 0.303 e. The molecule has 32 heavy (non-hydrogen) atoms. The summed E-state index contributed by atoms with van der Waals surface area (Å²) in [6, 6.07) is 24.7. The molecule has 0 N–H and O–H groups in total. The maximum atomic E-state index is 13.6. The van der Waals surface area contributed by atoms with E-state index in [1.807, 2.05) is 66.7 Å². The number of thioether (sulfide) groups is 1. The Bertz CT molecular complexity index is 1270. The molecule has 2 heterocycles. The molecule has 0 bridgehead atoms. The third-order valence-corrected chi connectivity index (χ3v) is 7.14. The second-order valence-electron chi connectivity index (χ2n) is 7.48. The Hall–Kier alpha value is -2.93. The minimum atomic E-state index is -0.227. The molecule has 3 aromatic rings. The first kappa shape index (κ1) is 20.9. The second-order valence-corrected chi connectivity index (χ2v) is 9.56. The third-order valence-electron chi connectivity index (χ3n) is 5.44. The molecule has 0 atom stereocenters. The predicted octanol–water partition coefficient (Wildman–Crippen LogP) is 5.66. The van der Waals surface area contributed by atoms with E-state index in [4.69, 9.17) is 23.8 Å². The molecule has 1 fully saturated rings. The van der Waals surface area contributed by atoms with Gasteiger partial charge in [-0.2, -0.15) is 0 Å². The van der Waals surface area contributed by atoms with E-state index in [0.29, 0.717) is 32.9 Å². The lowest BCUT2D eigenvalue weighted by Crippen LogP contribution is -2.29. The zero-order chi connectivity index (χ0) is 22.2. The highest BCUT2D eigenvalue weighted by Crippen LogP contribution is 2.45. The summed E-state index contributed by atoms with van der Waals surface area (Å²) in [5, 5.41) is 0.643. The zero-order valence-corrected chi connectivity index (χ0v) is 19.2. The monoisotopic (exact) mass is 476 g/mol. The van der Waals surface area contributed by atoms with E-state index in [-0.39, 0.29) is 11.8 Å². The van der Waals surface area contributed by atoms with Crippen molar-refractivity contribution in [2.45, 2.75) is 13.1 Å². The van der Waals surface area contributed by atoms with E-state index in [1.165, 1.54) is 11.8 Å². The lowest BCUT2D eigenvalue weighted by atomic mass is 10.1. The van der Waals surface area contributed by atoms with Crippen LogP contribution < -0.4 is 4.90 Å². The molecule has 1 saturated heterocycles. The molecule has 7 heteroatoms. The molecular formula is C25H17ClN2O2S2. The summed E-state index contributed by atoms with van der Waals surface area (Å²) in [5.74, 6) is -0.420. The molecule has 3 aromatic carbocycles. The van der Waals surface area contributed by atoms with Crippen LogP contribution in [0, 0.1) is 0 Å². The van der Waals surface area contributed by atoms with Gasteiger partial charge in [-0.25, -0.2) is 0 Å². The van der Waals surface area contributed by atoms with Crippen LogP contribution in [-0.4, -0.2) is 21.0 Å². The van der Waals surface area contributed by atoms with Crippen molar-refractivity contribution in [2.75, 3.05) is 4.90 Å². The Kier molecular flexibility index (Phi) is 5.59. The Balaban J connectivity index is 1.51. The number of nitrogens with zero attached hydrogens (tertiary/aromatic N) is 2. The van der Waals surface area contributed by atoms with E-state index < -0.39 is 0 Å². The average Bonchev–Trinajstić information content (AvgIpc) is 3.23. The molecular weight excluding hydrogens is 460 g/mol. The van der Waals surface area contributed by atoms with Crippen LogP contribution in [0.2, 0.25) is 5.02 Å². The van der Waals surface area contributed by atoms with Gasteiger partial charge in [0.15, 0.2) is 0 Å². The number of carbonyl (C=O) groups excluding carboxylic acids is 2. The summed E-state index contributed by atoms with van der Waals surface area (Å²) >= 11 is 12.7. The van der Waals surface area contributed by atoms with E-state index >= 15 is 0 Å². The van der Waals surface area contributed by atoms with Gasteiger partial charge in [-0.3, -0.25) is 14.5 Å². The summed E-state index contributed by atoms with van der Waals surface area (Å²) in [5.41, 5.74) is 3.90. The summed E-state index contributed by atoms with van der Waals surface area (Å²) in [7, 11) is 0. The normalized spacial score (nSPS) is 18.0. The van der Waals surface area contributed by atoms with Crippen molar-refractivity contribution in [1.29, 1.82) is 0 Å². The Morgan fingerprint density at radius 2 is 1.38 bits per heavy atom. The fourth-order valence-corrected chi connectivity index (χ4v) is 5.33. The lowest BCUT2D eigenvalue weighted by Gasteiger charge is -2.17. The minimum absolute atomic E-state index is 0.193. The molecule has 0 unspecified atom stereocenters. The molecule has 0 saturated carbocycles. The molecule has 4 nitrogen and oxygen atoms in total. The number of hydrogen-bond acceptors (Lipinski definition) is 4. The molecule has 0 aliphatic carbocycles. The maximum Gasteiger partial charge on any atom is 0.267 e. The van der Waals surface area contributed by atoms with Gasteiger partial charge in [0.1, 0.15) is 4.32 Å². The molecule has 2 amide bonds. The number of anilines is 1. The fourth-order valence-electron chi connectivity index (χ4n) is 3.88. The van der Waals surface area contributed by atoms with Crippen molar-refractivity contribution in [3.05, 3.63) is 105 Å². The van der Waals surface area contributed by atoms with Gasteiger partial charge in [0.05, 0.1) is 29.3 Å². The van der Waals surface area contributed by atoms with Crippen molar-refractivity contribution in [3.8, 4) is 0 Å². The summed E-state index contributed by atoms with van der Waals surface area (Å²) in [6.45, 7) is 0.771. The SMILES string of the molecule is O=C1C(=C2C(=O)N(Cc3ccc(Cl)cc3)c3ccccc32)SC(=S)N1Cc1ccccc1. The topological polar surface area (TPSA) is 40.6 Å². The summed E-state index contributed by atoms with van der Waals surface area (Å²) in [6.07, 6.45) is 0. The third kappa shape index (κ3) is 3.75. The first-order chi connectivity index (χ1) is 15.5. The van der Waals surface area contributed by atoms with Crippen LogP contribution in [-0.2, 0) is 22.7 Å². The molecule has 0 spiro atoms. The molecule has 0 aromatic heterocycles. The predicted molar refractivity (Wildman–Crippen MR) is 133 cm³/mol. The Labute approximate surface area is 200 Å². The summed E-state index contributed by atoms with van der Waals surface area (Å²) < 4.78 is 0.461. The van der Waals surface area contributed by atoms with Gasteiger partial charge in [-0.15, -0.1) is 0 Å². The highest BCUT2D eigenvalue weighted by molar-refractivity contribution is 8.26. The van der Waals surface area contributed by atoms with Gasteiger partial charge in [-0.05, 0) is 29.3 Å². The number of thiocarbonyl (C=S) groups is 1. The average molecular weight is 477 g/mol. The minimum Gasteiger partial charge on any atom is -0.303 e. The number of carbonyl (C=O) groups is 2. The van der Waals surface area contributed by atoms with Gasteiger partial charge in [0.2, 0.25) is 0 Å². The quantitative estimate of drug-likeness (QED) is 0.360. The van der Waals surface area contributed by atoms with Crippen molar-refractivity contribution in [2.24, 2.45) is 0 Å². The van der Waals surface area contributed by atoms with Crippen LogP contribution in [0.25, 0.3) is 5.57 Å². The number of hydrogen-bond donors (Lipinski definition) is 0. The first-order valence-corrected chi connectivity index (χ1v) is 11.6. The van der Waals surface area contributed by atoms with E-state index in [2.05, 4.69) is 0 Å². The van der Waals surface area contributed by atoms with Crippen molar-refractivity contribution in [3.63, 3.8) is 0 Å². The zero-order valence-electron chi connectivity index (χ0n) is 16.8. The second kappa shape index (κ2) is 8.54. The van der Waals surface area contributed by atoms with E-state index in [9.17, 15) is 9.59 Å². The Morgan fingerprint density at radius 1 is 0.750 bits per heavy atom. The number of benzene rings is 3. The van der Waals surface area contributed by atoms with Crippen LogP contribution in [0.3, 0.4) is 0 Å². The Morgan fingerprint density at radius 3 is 2.12 bits per heavy atom. The van der Waals surface area contributed by atoms with Crippen LogP contribution >= 0.6 is 35.6 Å². The standard InChI is InChI=1S/C25H17ClN2O2S2/c26-18-12-10-17(11-13-18)14-27-20-9-5-4-8-19(20)21(23(27)29)22-24(30)28(25(31)32-22)15-16-6-2-1-3-7-16/h1-13H,14-15H2. The van der Waals surface area contributed by atoms with Crippen LogP contribution in [0.1, 0.15) is 16.7 Å². The molecule has 2 aliphatic rings. The van der Waals surface area contributed by atoms with E-state index in [0.717, 1.165) is 22.4 Å². The van der Waals surface area contributed by atoms with Crippen molar-refractivity contribution >= 4 is 63.0 Å². The highest BCUT2D eigenvalue weighted by atomic mass is 35.5. The number of fused-ring (bicyclic) bond motifs is 1. The molecule has 5 rings (SSSR count). The van der Waals surface area contributed by atoms with Gasteiger partial charge < -0.3 is 4.90 Å². The van der Waals surface area contributed by atoms with Crippen molar-refractivity contribution < 1.29 is 9.59 Å². The van der Waals surface area contributed by atoms with Crippen LogP contribution in [0.4, 0.5) is 5.69 Å². The van der Waals surface area contributed by atoms with Crippen molar-refractivity contribution in [1.82, 2.24) is 4.90 Å². The number of halogens is 1. The first-order valence-electron chi connectivity index (χ1n) is 10.0. The van der Waals surface area contributed by atoms with Gasteiger partial charge in [0.25, 0.3) is 11.8 Å². The molecule has 158 valence electrons. The van der Waals surface area contributed by atoms with E-state index in [1.54, 1.807) is 21.9 Å². The number of rotatable bonds is 4. The van der Waals surface area contributed by atoms with Gasteiger partial charge in [-0.1, -0.05) is 96.2 Å². The number of amides is 2. The van der Waals surface area contributed by atoms with Gasteiger partial charge >= 0.3 is 0 Å². The van der Waals surface area contributed by atoms with Crippen LogP contribution in [0.5, 0.6) is 0 Å². The van der Waals surface area contributed by atoms with Gasteiger partial charge in [0, 0.05) is 10.6 Å².